The van der Waals surface area contributed by atoms with E-state index in [0.717, 1.165) is 49.9 Å². The fourth-order valence-corrected chi connectivity index (χ4v) is 3.91. The minimum Gasteiger partial charge on any atom is -0.379 e. The van der Waals surface area contributed by atoms with Crippen molar-refractivity contribution in [2.45, 2.75) is 37.0 Å². The van der Waals surface area contributed by atoms with Gasteiger partial charge in [0.15, 0.2) is 0 Å². The van der Waals surface area contributed by atoms with Crippen molar-refractivity contribution in [3.63, 3.8) is 0 Å². The summed E-state index contributed by atoms with van der Waals surface area (Å²) >= 11 is 0. The van der Waals surface area contributed by atoms with E-state index in [1.165, 1.54) is 18.6 Å². The first kappa shape index (κ1) is 18.4. The molecule has 0 aromatic heterocycles. The van der Waals surface area contributed by atoms with Crippen molar-refractivity contribution < 1.29 is 21.8 Å². The van der Waals surface area contributed by atoms with Gasteiger partial charge in [0.2, 0.25) is 5.91 Å². The summed E-state index contributed by atoms with van der Waals surface area (Å²) in [5.74, 6) is -0.372. The molecule has 1 amide bonds. The molecule has 0 saturated heterocycles. The van der Waals surface area contributed by atoms with Crippen LogP contribution in [-0.2, 0) is 14.9 Å². The van der Waals surface area contributed by atoms with Crippen LogP contribution in [0.25, 0.3) is 0 Å². The lowest BCUT2D eigenvalue weighted by Gasteiger charge is -2.20. The summed E-state index contributed by atoms with van der Waals surface area (Å²) in [4.78, 5) is 12.1. The maximum Gasteiger partial charge on any atom is 0.339 e. The molecule has 0 aliphatic heterocycles. The Hall–Kier alpha value is -2.41. The second kappa shape index (κ2) is 7.86. The smallest absolute Gasteiger partial charge is 0.339 e. The first-order valence-electron chi connectivity index (χ1n) is 8.55. The van der Waals surface area contributed by atoms with E-state index in [1.54, 1.807) is 12.1 Å². The average molecular weight is 377 g/mol. The Kier molecular flexibility index (Phi) is 5.56. The fourth-order valence-electron chi connectivity index (χ4n) is 2.98. The van der Waals surface area contributed by atoms with Crippen LogP contribution in [0, 0.1) is 11.7 Å². The molecule has 3 rings (SSSR count). The second-order valence-corrected chi connectivity index (χ2v) is 7.89. The molecule has 1 fully saturated rings. The number of anilines is 1. The number of benzene rings is 2. The van der Waals surface area contributed by atoms with Gasteiger partial charge in [-0.3, -0.25) is 4.79 Å². The third-order valence-corrected chi connectivity index (χ3v) is 5.67. The molecule has 0 atom stereocenters. The van der Waals surface area contributed by atoms with Gasteiger partial charge in [-0.25, -0.2) is 4.39 Å². The molecule has 138 valence electrons. The number of carbonyl (C=O) groups excluding carboxylic acids is 1. The predicted octanol–water partition coefficient (Wildman–Crippen LogP) is 4.11. The van der Waals surface area contributed by atoms with Gasteiger partial charge in [0, 0.05) is 11.6 Å². The standard InChI is InChI=1S/C19H20FNO4S/c20-15-6-12-18(13-7-15)26(23,24)25-17-10-8-16(9-11-17)21-19(22)14-4-2-1-3-5-14/h6-14H,1-5H2,(H,21,22). The number of amides is 1. The van der Waals surface area contributed by atoms with Crippen molar-refractivity contribution in [1.29, 1.82) is 0 Å². The van der Waals surface area contributed by atoms with Crippen LogP contribution in [0.5, 0.6) is 5.75 Å². The summed E-state index contributed by atoms with van der Waals surface area (Å²) in [6.45, 7) is 0. The predicted molar refractivity (Wildman–Crippen MR) is 95.9 cm³/mol. The van der Waals surface area contributed by atoms with Crippen molar-refractivity contribution in [2.24, 2.45) is 5.92 Å². The number of nitrogens with one attached hydrogen (secondary N) is 1. The first-order chi connectivity index (χ1) is 12.4. The molecule has 0 spiro atoms. The molecule has 26 heavy (non-hydrogen) atoms. The summed E-state index contributed by atoms with van der Waals surface area (Å²) in [6.07, 6.45) is 5.14. The zero-order valence-electron chi connectivity index (χ0n) is 14.2. The number of carbonyl (C=O) groups is 1. The first-order valence-corrected chi connectivity index (χ1v) is 9.96. The zero-order chi connectivity index (χ0) is 18.6. The topological polar surface area (TPSA) is 72.5 Å². The van der Waals surface area contributed by atoms with E-state index in [2.05, 4.69) is 5.32 Å². The van der Waals surface area contributed by atoms with Crippen LogP contribution < -0.4 is 9.50 Å². The third-order valence-electron chi connectivity index (χ3n) is 4.41. The van der Waals surface area contributed by atoms with Crippen molar-refractivity contribution in [1.82, 2.24) is 0 Å². The van der Waals surface area contributed by atoms with Crippen LogP contribution in [-0.4, -0.2) is 14.3 Å². The van der Waals surface area contributed by atoms with E-state index in [1.807, 2.05) is 0 Å². The Bertz CT molecular complexity index is 857. The summed E-state index contributed by atoms with van der Waals surface area (Å²) in [6, 6.07) is 10.5. The SMILES string of the molecule is O=C(Nc1ccc(OS(=O)(=O)c2ccc(F)cc2)cc1)C1CCCCC1. The van der Waals surface area contributed by atoms with Crippen molar-refractivity contribution in [2.75, 3.05) is 5.32 Å². The average Bonchev–Trinajstić information content (AvgIpc) is 2.64. The zero-order valence-corrected chi connectivity index (χ0v) is 15.0. The normalized spacial score (nSPS) is 15.4. The summed E-state index contributed by atoms with van der Waals surface area (Å²) in [7, 11) is -4.04. The van der Waals surface area contributed by atoms with Gasteiger partial charge in [0.25, 0.3) is 0 Å². The summed E-state index contributed by atoms with van der Waals surface area (Å²) < 4.78 is 42.3. The second-order valence-electron chi connectivity index (χ2n) is 6.34. The molecule has 0 radical (unpaired) electrons. The molecule has 7 heteroatoms. The Labute approximate surface area is 152 Å². The van der Waals surface area contributed by atoms with Crippen LogP contribution in [0.2, 0.25) is 0 Å². The lowest BCUT2D eigenvalue weighted by Crippen LogP contribution is -2.24. The van der Waals surface area contributed by atoms with Crippen molar-refractivity contribution in [3.8, 4) is 5.75 Å². The molecule has 5 nitrogen and oxygen atoms in total. The van der Waals surface area contributed by atoms with Crippen molar-refractivity contribution in [3.05, 3.63) is 54.3 Å². The largest absolute Gasteiger partial charge is 0.379 e. The van der Waals surface area contributed by atoms with Gasteiger partial charge in [0.1, 0.15) is 16.5 Å². The summed E-state index contributed by atoms with van der Waals surface area (Å²) in [5, 5.41) is 2.85. The van der Waals surface area contributed by atoms with Gasteiger partial charge in [-0.15, -0.1) is 0 Å². The fraction of sp³-hybridized carbons (Fsp3) is 0.316. The Morgan fingerprint density at radius 2 is 1.58 bits per heavy atom. The minimum atomic E-state index is -4.04. The van der Waals surface area contributed by atoms with Crippen LogP contribution >= 0.6 is 0 Å². The van der Waals surface area contributed by atoms with E-state index >= 15 is 0 Å². The van der Waals surface area contributed by atoms with Crippen LogP contribution in [0.4, 0.5) is 10.1 Å². The maximum atomic E-state index is 12.9. The quantitative estimate of drug-likeness (QED) is 0.796. The highest BCUT2D eigenvalue weighted by Gasteiger charge is 2.21. The Morgan fingerprint density at radius 3 is 2.19 bits per heavy atom. The maximum absolute atomic E-state index is 12.9. The number of hydrogen-bond acceptors (Lipinski definition) is 4. The van der Waals surface area contributed by atoms with Gasteiger partial charge in [-0.1, -0.05) is 19.3 Å². The monoisotopic (exact) mass is 377 g/mol. The molecular formula is C19H20FNO4S. The molecule has 1 N–H and O–H groups in total. The molecule has 1 aliphatic carbocycles. The number of rotatable bonds is 5. The van der Waals surface area contributed by atoms with Crippen LogP contribution in [0.15, 0.2) is 53.4 Å². The highest BCUT2D eigenvalue weighted by molar-refractivity contribution is 7.87. The third kappa shape index (κ3) is 4.60. The highest BCUT2D eigenvalue weighted by Crippen LogP contribution is 2.26. The Balaban J connectivity index is 1.63. The van der Waals surface area contributed by atoms with Gasteiger partial charge in [-0.2, -0.15) is 8.42 Å². The number of halogens is 1. The minimum absolute atomic E-state index is 0.00250. The van der Waals surface area contributed by atoms with Crippen molar-refractivity contribution >= 4 is 21.7 Å². The molecule has 2 aromatic carbocycles. The van der Waals surface area contributed by atoms with E-state index in [4.69, 9.17) is 4.18 Å². The molecule has 2 aromatic rings. The molecule has 1 aliphatic rings. The summed E-state index contributed by atoms with van der Waals surface area (Å²) in [5.41, 5.74) is 0.590. The van der Waals surface area contributed by atoms with Gasteiger partial charge < -0.3 is 9.50 Å². The lowest BCUT2D eigenvalue weighted by molar-refractivity contribution is -0.120. The number of hydrogen-bond donors (Lipinski definition) is 1. The Morgan fingerprint density at radius 1 is 0.962 bits per heavy atom. The molecule has 0 heterocycles. The molecular weight excluding hydrogens is 357 g/mol. The highest BCUT2D eigenvalue weighted by atomic mass is 32.2. The van der Waals surface area contributed by atoms with E-state index in [0.29, 0.717) is 5.69 Å². The van der Waals surface area contributed by atoms with Gasteiger partial charge in [0.05, 0.1) is 0 Å². The van der Waals surface area contributed by atoms with Crippen LogP contribution in [0.3, 0.4) is 0 Å². The van der Waals surface area contributed by atoms with E-state index < -0.39 is 15.9 Å². The van der Waals surface area contributed by atoms with Gasteiger partial charge in [-0.05, 0) is 61.4 Å². The molecule has 0 unspecified atom stereocenters. The van der Waals surface area contributed by atoms with Gasteiger partial charge >= 0.3 is 10.1 Å². The van der Waals surface area contributed by atoms with E-state index in [9.17, 15) is 17.6 Å². The van der Waals surface area contributed by atoms with E-state index in [-0.39, 0.29) is 22.5 Å². The van der Waals surface area contributed by atoms with Crippen LogP contribution in [0.1, 0.15) is 32.1 Å². The molecule has 1 saturated carbocycles. The lowest BCUT2D eigenvalue weighted by atomic mass is 9.88. The molecule has 0 bridgehead atoms.